The smallest absolute Gasteiger partial charge is 0.137 e. The normalized spacial score (nSPS) is 10.3. The molecule has 2 nitrogen and oxygen atoms in total. The zero-order valence-corrected chi connectivity index (χ0v) is 9.27. The molecule has 0 amide bonds. The van der Waals surface area contributed by atoms with Gasteiger partial charge in [0.2, 0.25) is 0 Å². The molecule has 0 aliphatic carbocycles. The topological polar surface area (TPSA) is 22.1 Å². The molecule has 0 radical (unpaired) electrons. The van der Waals surface area contributed by atoms with Crippen molar-refractivity contribution >= 4 is 11.3 Å². The van der Waals surface area contributed by atoms with Gasteiger partial charge in [-0.1, -0.05) is 0 Å². The van der Waals surface area contributed by atoms with E-state index in [2.05, 4.69) is 4.98 Å². The molecule has 15 heavy (non-hydrogen) atoms. The molecule has 0 aliphatic heterocycles. The van der Waals surface area contributed by atoms with E-state index in [9.17, 15) is 4.39 Å². The first kappa shape index (κ1) is 10.1. The Morgan fingerprint density at radius 3 is 2.73 bits per heavy atom. The predicted molar refractivity (Wildman–Crippen MR) is 58.8 cm³/mol. The molecule has 0 bridgehead atoms. The average molecular weight is 223 g/mol. The Bertz CT molecular complexity index is 481. The number of rotatable bonds is 2. The monoisotopic (exact) mass is 223 g/mol. The van der Waals surface area contributed by atoms with Crippen LogP contribution in [0.2, 0.25) is 0 Å². The second-order valence-corrected chi connectivity index (χ2v) is 4.00. The molecule has 0 aliphatic rings. The van der Waals surface area contributed by atoms with Crippen LogP contribution in [-0.4, -0.2) is 12.1 Å². The fourth-order valence-corrected chi connectivity index (χ4v) is 2.10. The summed E-state index contributed by atoms with van der Waals surface area (Å²) in [7, 11) is 1.52. The molecule has 0 atom stereocenters. The SMILES string of the molecule is COc1ccc(-c2nc(C)cs2)c(F)c1. The van der Waals surface area contributed by atoms with Gasteiger partial charge in [0.25, 0.3) is 0 Å². The Morgan fingerprint density at radius 2 is 2.20 bits per heavy atom. The minimum Gasteiger partial charge on any atom is -0.497 e. The summed E-state index contributed by atoms with van der Waals surface area (Å²) in [6.45, 7) is 1.89. The number of benzene rings is 1. The number of hydrogen-bond donors (Lipinski definition) is 0. The van der Waals surface area contributed by atoms with Gasteiger partial charge >= 0.3 is 0 Å². The summed E-state index contributed by atoms with van der Waals surface area (Å²) in [5, 5.41) is 2.60. The van der Waals surface area contributed by atoms with Gasteiger partial charge < -0.3 is 4.74 Å². The molecule has 78 valence electrons. The maximum absolute atomic E-state index is 13.6. The van der Waals surface area contributed by atoms with Crippen LogP contribution in [0.5, 0.6) is 5.75 Å². The van der Waals surface area contributed by atoms with E-state index in [4.69, 9.17) is 4.74 Å². The van der Waals surface area contributed by atoms with Crippen LogP contribution >= 0.6 is 11.3 Å². The first-order chi connectivity index (χ1) is 7.20. The van der Waals surface area contributed by atoms with Crippen molar-refractivity contribution in [2.45, 2.75) is 6.92 Å². The highest BCUT2D eigenvalue weighted by molar-refractivity contribution is 7.13. The largest absolute Gasteiger partial charge is 0.497 e. The van der Waals surface area contributed by atoms with Crippen LogP contribution in [0, 0.1) is 12.7 Å². The van der Waals surface area contributed by atoms with Gasteiger partial charge in [-0.15, -0.1) is 11.3 Å². The maximum Gasteiger partial charge on any atom is 0.137 e. The molecule has 2 rings (SSSR count). The Hall–Kier alpha value is -1.42. The van der Waals surface area contributed by atoms with E-state index in [1.54, 1.807) is 12.1 Å². The van der Waals surface area contributed by atoms with Gasteiger partial charge in [-0.3, -0.25) is 0 Å². The van der Waals surface area contributed by atoms with E-state index in [0.717, 1.165) is 5.69 Å². The zero-order chi connectivity index (χ0) is 10.8. The molecule has 0 saturated carbocycles. The third-order valence-corrected chi connectivity index (χ3v) is 3.02. The lowest BCUT2D eigenvalue weighted by molar-refractivity contribution is 0.411. The second-order valence-electron chi connectivity index (χ2n) is 3.14. The minimum atomic E-state index is -0.302. The zero-order valence-electron chi connectivity index (χ0n) is 8.45. The summed E-state index contributed by atoms with van der Waals surface area (Å²) in [6, 6.07) is 4.79. The van der Waals surface area contributed by atoms with E-state index >= 15 is 0 Å². The van der Waals surface area contributed by atoms with Crippen molar-refractivity contribution in [1.82, 2.24) is 4.98 Å². The van der Waals surface area contributed by atoms with E-state index in [1.807, 2.05) is 12.3 Å². The Labute approximate surface area is 91.4 Å². The highest BCUT2D eigenvalue weighted by Crippen LogP contribution is 2.28. The molecule has 0 spiro atoms. The molecule has 1 aromatic heterocycles. The summed E-state index contributed by atoms with van der Waals surface area (Å²) in [5.74, 6) is 0.216. The molecule has 4 heteroatoms. The minimum absolute atomic E-state index is 0.302. The lowest BCUT2D eigenvalue weighted by Crippen LogP contribution is -1.87. The van der Waals surface area contributed by atoms with Crippen LogP contribution in [0.3, 0.4) is 0 Å². The number of thiazole rings is 1. The Kier molecular flexibility index (Phi) is 2.68. The lowest BCUT2D eigenvalue weighted by Gasteiger charge is -2.02. The molecule has 1 heterocycles. The van der Waals surface area contributed by atoms with Crippen molar-refractivity contribution in [3.63, 3.8) is 0 Å². The van der Waals surface area contributed by atoms with Crippen molar-refractivity contribution in [3.05, 3.63) is 35.1 Å². The molecule has 2 aromatic rings. The number of halogens is 1. The maximum atomic E-state index is 13.6. The van der Waals surface area contributed by atoms with Gasteiger partial charge in [-0.25, -0.2) is 9.37 Å². The van der Waals surface area contributed by atoms with Crippen molar-refractivity contribution in [2.75, 3.05) is 7.11 Å². The second kappa shape index (κ2) is 3.98. The van der Waals surface area contributed by atoms with E-state index in [0.29, 0.717) is 16.3 Å². The van der Waals surface area contributed by atoms with Gasteiger partial charge in [0.05, 0.1) is 7.11 Å². The van der Waals surface area contributed by atoms with Crippen molar-refractivity contribution in [1.29, 1.82) is 0 Å². The summed E-state index contributed by atoms with van der Waals surface area (Å²) >= 11 is 1.44. The first-order valence-electron chi connectivity index (χ1n) is 4.47. The molecular weight excluding hydrogens is 213 g/mol. The summed E-state index contributed by atoms with van der Waals surface area (Å²) in [4.78, 5) is 4.23. The number of aromatic nitrogens is 1. The lowest BCUT2D eigenvalue weighted by atomic mass is 10.2. The molecule has 0 fully saturated rings. The predicted octanol–water partition coefficient (Wildman–Crippen LogP) is 3.27. The van der Waals surface area contributed by atoms with Crippen LogP contribution in [-0.2, 0) is 0 Å². The fraction of sp³-hybridized carbons (Fsp3) is 0.182. The van der Waals surface area contributed by atoms with Gasteiger partial charge in [-0.05, 0) is 19.1 Å². The van der Waals surface area contributed by atoms with Crippen LogP contribution < -0.4 is 4.74 Å². The Morgan fingerprint density at radius 1 is 1.40 bits per heavy atom. The highest BCUT2D eigenvalue weighted by Gasteiger charge is 2.09. The van der Waals surface area contributed by atoms with Crippen LogP contribution in [0.25, 0.3) is 10.6 Å². The summed E-state index contributed by atoms with van der Waals surface area (Å²) < 4.78 is 18.6. The van der Waals surface area contributed by atoms with E-state index in [1.165, 1.54) is 24.5 Å². The van der Waals surface area contributed by atoms with Crippen molar-refractivity contribution < 1.29 is 9.13 Å². The number of hydrogen-bond acceptors (Lipinski definition) is 3. The number of methoxy groups -OCH3 is 1. The molecular formula is C11H10FNOS. The van der Waals surface area contributed by atoms with Crippen LogP contribution in [0.1, 0.15) is 5.69 Å². The molecule has 1 aromatic carbocycles. The highest BCUT2D eigenvalue weighted by atomic mass is 32.1. The fourth-order valence-electron chi connectivity index (χ4n) is 1.27. The van der Waals surface area contributed by atoms with E-state index < -0.39 is 0 Å². The number of nitrogens with zero attached hydrogens (tertiary/aromatic N) is 1. The molecule has 0 saturated heterocycles. The standard InChI is InChI=1S/C11H10FNOS/c1-7-6-15-11(13-7)9-4-3-8(14-2)5-10(9)12/h3-6H,1-2H3. The quantitative estimate of drug-likeness (QED) is 0.779. The Balaban J connectivity index is 2.45. The average Bonchev–Trinajstić information content (AvgIpc) is 2.64. The number of aryl methyl sites for hydroxylation is 1. The van der Waals surface area contributed by atoms with E-state index in [-0.39, 0.29) is 5.82 Å². The molecule has 0 N–H and O–H groups in total. The van der Waals surface area contributed by atoms with Crippen LogP contribution in [0.4, 0.5) is 4.39 Å². The van der Waals surface area contributed by atoms with Gasteiger partial charge in [-0.2, -0.15) is 0 Å². The third-order valence-electron chi connectivity index (χ3n) is 2.03. The van der Waals surface area contributed by atoms with Crippen LogP contribution in [0.15, 0.2) is 23.6 Å². The summed E-state index contributed by atoms with van der Waals surface area (Å²) in [5.41, 5.74) is 1.43. The van der Waals surface area contributed by atoms with Crippen molar-refractivity contribution in [3.8, 4) is 16.3 Å². The van der Waals surface area contributed by atoms with Gasteiger partial charge in [0.15, 0.2) is 0 Å². The van der Waals surface area contributed by atoms with Gasteiger partial charge in [0.1, 0.15) is 16.6 Å². The number of ether oxygens (including phenoxy) is 1. The van der Waals surface area contributed by atoms with Gasteiger partial charge in [0, 0.05) is 22.7 Å². The van der Waals surface area contributed by atoms with Crippen molar-refractivity contribution in [2.24, 2.45) is 0 Å². The molecule has 0 unspecified atom stereocenters. The first-order valence-corrected chi connectivity index (χ1v) is 5.34. The third kappa shape index (κ3) is 1.99. The summed E-state index contributed by atoms with van der Waals surface area (Å²) in [6.07, 6.45) is 0.